The molecule has 2 aromatic heterocycles. The summed E-state index contributed by atoms with van der Waals surface area (Å²) >= 11 is 4.97. The van der Waals surface area contributed by atoms with E-state index in [1.54, 1.807) is 41.1 Å². The summed E-state index contributed by atoms with van der Waals surface area (Å²) < 4.78 is 1.97. The predicted molar refractivity (Wildman–Crippen MR) is 125 cm³/mol. The van der Waals surface area contributed by atoms with Crippen molar-refractivity contribution >= 4 is 46.5 Å². The molecule has 1 N–H and O–H groups in total. The lowest BCUT2D eigenvalue weighted by Crippen LogP contribution is -2.11. The zero-order chi connectivity index (χ0) is 20.9. The first-order valence-electron chi connectivity index (χ1n) is 9.27. The molecule has 0 spiro atoms. The number of thioether (sulfide) groups is 1. The normalized spacial score (nSPS) is 10.9. The lowest BCUT2D eigenvalue weighted by molar-refractivity contribution is 0.102. The van der Waals surface area contributed by atoms with Gasteiger partial charge in [-0.15, -0.1) is 23.1 Å². The first-order chi connectivity index (χ1) is 14.6. The van der Waals surface area contributed by atoms with Gasteiger partial charge in [0.1, 0.15) is 0 Å². The summed E-state index contributed by atoms with van der Waals surface area (Å²) in [5.74, 6) is 0.713. The van der Waals surface area contributed by atoms with Gasteiger partial charge in [-0.1, -0.05) is 11.8 Å². The molecule has 152 valence electrons. The molecule has 0 aliphatic heterocycles. The Morgan fingerprint density at radius 3 is 2.47 bits per heavy atom. The highest BCUT2D eigenvalue weighted by molar-refractivity contribution is 7.99. The summed E-state index contributed by atoms with van der Waals surface area (Å²) in [5, 5.41) is 7.05. The van der Waals surface area contributed by atoms with Crippen LogP contribution in [-0.4, -0.2) is 20.4 Å². The SMILES string of the molecule is Cc1nc(CSc2ccc(C(=O)Nc3ccc(Sc4nccn4C)cc3)cc2)cs1. The van der Waals surface area contributed by atoms with Crippen LogP contribution in [-0.2, 0) is 12.8 Å². The summed E-state index contributed by atoms with van der Waals surface area (Å²) in [5.41, 5.74) is 2.49. The summed E-state index contributed by atoms with van der Waals surface area (Å²) in [7, 11) is 1.97. The van der Waals surface area contributed by atoms with E-state index >= 15 is 0 Å². The second kappa shape index (κ2) is 9.51. The smallest absolute Gasteiger partial charge is 0.255 e. The number of thiazole rings is 1. The van der Waals surface area contributed by atoms with Gasteiger partial charge in [0.25, 0.3) is 5.91 Å². The minimum Gasteiger partial charge on any atom is -0.329 e. The molecule has 1 amide bonds. The lowest BCUT2D eigenvalue weighted by atomic mass is 10.2. The molecule has 4 aromatic rings. The topological polar surface area (TPSA) is 59.8 Å². The Morgan fingerprint density at radius 1 is 1.10 bits per heavy atom. The van der Waals surface area contributed by atoms with Crippen molar-refractivity contribution in [2.45, 2.75) is 27.6 Å². The van der Waals surface area contributed by atoms with Crippen molar-refractivity contribution in [2.75, 3.05) is 5.32 Å². The van der Waals surface area contributed by atoms with Crippen LogP contribution in [0.15, 0.2) is 81.3 Å². The second-order valence-electron chi connectivity index (χ2n) is 6.57. The van der Waals surface area contributed by atoms with E-state index in [1.807, 2.05) is 73.3 Å². The van der Waals surface area contributed by atoms with Gasteiger partial charge < -0.3 is 9.88 Å². The second-order valence-corrected chi connectivity index (χ2v) is 9.72. The molecule has 2 aromatic carbocycles. The highest BCUT2D eigenvalue weighted by Gasteiger charge is 2.08. The molecular weight excluding hydrogens is 432 g/mol. The minimum absolute atomic E-state index is 0.119. The van der Waals surface area contributed by atoms with Crippen molar-refractivity contribution in [3.8, 4) is 0 Å². The molecule has 0 saturated heterocycles. The third-order valence-corrected chi connectivity index (χ3v) is 7.22. The largest absolute Gasteiger partial charge is 0.329 e. The van der Waals surface area contributed by atoms with E-state index in [-0.39, 0.29) is 5.91 Å². The highest BCUT2D eigenvalue weighted by atomic mass is 32.2. The van der Waals surface area contributed by atoms with Gasteiger partial charge in [0.15, 0.2) is 5.16 Å². The van der Waals surface area contributed by atoms with E-state index in [4.69, 9.17) is 0 Å². The van der Waals surface area contributed by atoms with Gasteiger partial charge in [0.2, 0.25) is 0 Å². The standard InChI is InChI=1S/C22H20N4OS3/c1-15-24-18(13-28-15)14-29-19-7-3-16(4-8-19)21(27)25-17-5-9-20(10-6-17)30-22-23-11-12-26(22)2/h3-13H,14H2,1-2H3,(H,25,27). The zero-order valence-electron chi connectivity index (χ0n) is 16.5. The third kappa shape index (κ3) is 5.33. The molecule has 8 heteroatoms. The molecule has 0 aliphatic carbocycles. The number of nitrogens with zero attached hydrogens (tertiary/aromatic N) is 3. The average molecular weight is 453 g/mol. The van der Waals surface area contributed by atoms with E-state index in [1.165, 1.54) is 0 Å². The Morgan fingerprint density at radius 2 is 1.83 bits per heavy atom. The number of hydrogen-bond acceptors (Lipinski definition) is 6. The van der Waals surface area contributed by atoms with E-state index < -0.39 is 0 Å². The molecule has 30 heavy (non-hydrogen) atoms. The van der Waals surface area contributed by atoms with Crippen molar-refractivity contribution in [3.05, 3.63) is 82.6 Å². The maximum absolute atomic E-state index is 12.5. The Hall–Kier alpha value is -2.55. The number of benzene rings is 2. The maximum atomic E-state index is 12.5. The molecule has 5 nitrogen and oxygen atoms in total. The summed E-state index contributed by atoms with van der Waals surface area (Å²) in [6.07, 6.45) is 3.70. The van der Waals surface area contributed by atoms with Crippen molar-refractivity contribution in [1.29, 1.82) is 0 Å². The molecule has 0 unspecified atom stereocenters. The predicted octanol–water partition coefficient (Wildman–Crippen LogP) is 5.88. The molecule has 0 bridgehead atoms. The first-order valence-corrected chi connectivity index (χ1v) is 12.0. The quantitative estimate of drug-likeness (QED) is 0.355. The fraction of sp³-hybridized carbons (Fsp3) is 0.136. The van der Waals surface area contributed by atoms with Crippen LogP contribution in [0.3, 0.4) is 0 Å². The Balaban J connectivity index is 1.32. The van der Waals surface area contributed by atoms with E-state index in [0.29, 0.717) is 5.56 Å². The van der Waals surface area contributed by atoms with E-state index in [0.717, 1.165) is 37.1 Å². The van der Waals surface area contributed by atoms with Crippen LogP contribution in [0.2, 0.25) is 0 Å². The highest BCUT2D eigenvalue weighted by Crippen LogP contribution is 2.27. The van der Waals surface area contributed by atoms with Crippen LogP contribution in [0.5, 0.6) is 0 Å². The number of anilines is 1. The first kappa shape index (κ1) is 20.7. The average Bonchev–Trinajstić information content (AvgIpc) is 3.36. The number of aryl methyl sites for hydroxylation is 2. The third-order valence-electron chi connectivity index (χ3n) is 4.27. The van der Waals surface area contributed by atoms with E-state index in [2.05, 4.69) is 20.7 Å². The molecule has 0 aliphatic rings. The van der Waals surface area contributed by atoms with Crippen LogP contribution >= 0.6 is 34.9 Å². The van der Waals surface area contributed by atoms with Crippen molar-refractivity contribution in [1.82, 2.24) is 14.5 Å². The maximum Gasteiger partial charge on any atom is 0.255 e. The Bertz CT molecular complexity index is 1130. The minimum atomic E-state index is -0.119. The van der Waals surface area contributed by atoms with Crippen LogP contribution in [0.4, 0.5) is 5.69 Å². The van der Waals surface area contributed by atoms with Crippen molar-refractivity contribution < 1.29 is 4.79 Å². The van der Waals surface area contributed by atoms with Crippen LogP contribution < -0.4 is 5.32 Å². The molecule has 0 radical (unpaired) electrons. The van der Waals surface area contributed by atoms with Gasteiger partial charge in [-0.3, -0.25) is 4.79 Å². The van der Waals surface area contributed by atoms with Crippen LogP contribution in [0, 0.1) is 6.92 Å². The number of carbonyl (C=O) groups is 1. The molecule has 2 heterocycles. The summed E-state index contributed by atoms with van der Waals surface area (Å²) in [4.78, 5) is 23.5. The number of hydrogen-bond donors (Lipinski definition) is 1. The van der Waals surface area contributed by atoms with Gasteiger partial charge in [-0.05, 0) is 55.5 Å². The molecule has 0 saturated carbocycles. The number of amides is 1. The van der Waals surface area contributed by atoms with Gasteiger partial charge in [0.05, 0.1) is 10.7 Å². The fourth-order valence-electron chi connectivity index (χ4n) is 2.70. The van der Waals surface area contributed by atoms with Crippen molar-refractivity contribution in [3.63, 3.8) is 0 Å². The Labute approximate surface area is 188 Å². The van der Waals surface area contributed by atoms with Gasteiger partial charge in [-0.25, -0.2) is 9.97 Å². The van der Waals surface area contributed by atoms with E-state index in [9.17, 15) is 4.79 Å². The summed E-state index contributed by atoms with van der Waals surface area (Å²) in [6.45, 7) is 2.01. The molecule has 0 fully saturated rings. The van der Waals surface area contributed by atoms with Crippen molar-refractivity contribution in [2.24, 2.45) is 7.05 Å². The molecular formula is C22H20N4OS3. The lowest BCUT2D eigenvalue weighted by Gasteiger charge is -2.07. The molecule has 0 atom stereocenters. The Kier molecular flexibility index (Phi) is 6.56. The fourth-order valence-corrected chi connectivity index (χ4v) is 5.01. The summed E-state index contributed by atoms with van der Waals surface area (Å²) in [6, 6.07) is 15.4. The van der Waals surface area contributed by atoms with Crippen LogP contribution in [0.1, 0.15) is 21.1 Å². The zero-order valence-corrected chi connectivity index (χ0v) is 19.0. The number of imidazole rings is 1. The monoisotopic (exact) mass is 452 g/mol. The number of rotatable bonds is 7. The number of nitrogens with one attached hydrogen (secondary N) is 1. The van der Waals surface area contributed by atoms with Gasteiger partial charge >= 0.3 is 0 Å². The van der Waals surface area contributed by atoms with Gasteiger partial charge in [-0.2, -0.15) is 0 Å². The van der Waals surface area contributed by atoms with Crippen LogP contribution in [0.25, 0.3) is 0 Å². The number of carbonyl (C=O) groups excluding carboxylic acids is 1. The molecule has 4 rings (SSSR count). The number of aromatic nitrogens is 3. The van der Waals surface area contributed by atoms with Gasteiger partial charge in [0, 0.05) is 51.6 Å².